The number of aromatic carboxylic acids is 1. The summed E-state index contributed by atoms with van der Waals surface area (Å²) >= 11 is 1.23. The zero-order valence-electron chi connectivity index (χ0n) is 10.1. The van der Waals surface area contributed by atoms with E-state index in [1.807, 2.05) is 11.8 Å². The monoisotopic (exact) mass is 269 g/mol. The lowest BCUT2D eigenvalue weighted by Gasteiger charge is -2.19. The average molecular weight is 269 g/mol. The predicted molar refractivity (Wildman–Crippen MR) is 66.8 cm³/mol. The molecule has 1 N–H and O–H groups in total. The van der Waals surface area contributed by atoms with Crippen LogP contribution in [0, 0.1) is 0 Å². The fraction of sp³-hybridized carbons (Fsp3) is 0.500. The topological polar surface area (TPSA) is 70.8 Å². The minimum absolute atomic E-state index is 0.0817. The molecule has 0 spiro atoms. The second-order valence-electron chi connectivity index (χ2n) is 4.12. The molecule has 0 aliphatic heterocycles. The lowest BCUT2D eigenvalue weighted by Crippen LogP contribution is -2.34. The second kappa shape index (κ2) is 5.48. The van der Waals surface area contributed by atoms with Crippen molar-refractivity contribution in [2.75, 3.05) is 12.3 Å². The highest BCUT2D eigenvalue weighted by molar-refractivity contribution is 7.99. The third-order valence-electron chi connectivity index (χ3n) is 2.78. The Labute approximate surface area is 109 Å². The molecular weight excluding hydrogens is 254 g/mol. The van der Waals surface area contributed by atoms with Gasteiger partial charge < -0.3 is 14.4 Å². The van der Waals surface area contributed by atoms with Gasteiger partial charge in [-0.15, -0.1) is 0 Å². The van der Waals surface area contributed by atoms with E-state index in [0.29, 0.717) is 11.1 Å². The minimum Gasteiger partial charge on any atom is -0.475 e. The van der Waals surface area contributed by atoms with E-state index < -0.39 is 5.97 Å². The van der Waals surface area contributed by atoms with E-state index in [4.69, 9.17) is 9.52 Å². The highest BCUT2D eigenvalue weighted by atomic mass is 32.2. The van der Waals surface area contributed by atoms with Gasteiger partial charge in [0.15, 0.2) is 5.09 Å². The van der Waals surface area contributed by atoms with Crippen molar-refractivity contribution in [3.05, 3.63) is 17.9 Å². The molecule has 6 heteroatoms. The summed E-state index contributed by atoms with van der Waals surface area (Å²) in [7, 11) is 0. The maximum Gasteiger partial charge on any atom is 0.371 e. The highest BCUT2D eigenvalue weighted by Crippen LogP contribution is 2.28. The van der Waals surface area contributed by atoms with E-state index in [-0.39, 0.29) is 17.4 Å². The van der Waals surface area contributed by atoms with Crippen LogP contribution in [-0.4, -0.2) is 40.2 Å². The van der Waals surface area contributed by atoms with Crippen LogP contribution in [0.3, 0.4) is 0 Å². The molecule has 0 atom stereocenters. The van der Waals surface area contributed by atoms with Gasteiger partial charge in [0.1, 0.15) is 0 Å². The van der Waals surface area contributed by atoms with Gasteiger partial charge in [-0.3, -0.25) is 4.79 Å². The number of thioether (sulfide) groups is 1. The van der Waals surface area contributed by atoms with E-state index in [2.05, 4.69) is 0 Å². The predicted octanol–water partition coefficient (Wildman–Crippen LogP) is 2.08. The van der Waals surface area contributed by atoms with Crippen molar-refractivity contribution in [1.29, 1.82) is 0 Å². The van der Waals surface area contributed by atoms with Crippen LogP contribution in [0.4, 0.5) is 0 Å². The molecule has 98 valence electrons. The molecule has 1 aliphatic carbocycles. The third-order valence-corrected chi connectivity index (χ3v) is 3.67. The summed E-state index contributed by atoms with van der Waals surface area (Å²) in [5.74, 6) is -0.823. The number of rotatable bonds is 6. The fourth-order valence-corrected chi connectivity index (χ4v) is 2.50. The van der Waals surface area contributed by atoms with Gasteiger partial charge in [0.25, 0.3) is 0 Å². The second-order valence-corrected chi connectivity index (χ2v) is 5.10. The molecule has 1 aromatic rings. The van der Waals surface area contributed by atoms with Crippen molar-refractivity contribution >= 4 is 23.6 Å². The molecule has 1 fully saturated rings. The average Bonchev–Trinajstić information content (AvgIpc) is 3.05. The lowest BCUT2D eigenvalue weighted by molar-refractivity contribution is -0.128. The van der Waals surface area contributed by atoms with Crippen LogP contribution in [0.2, 0.25) is 0 Å². The van der Waals surface area contributed by atoms with E-state index >= 15 is 0 Å². The molecule has 1 aliphatic rings. The number of carbonyl (C=O) groups is 2. The SMILES string of the molecule is CCN(C(=O)CSc1ccc(C(=O)O)o1)C1CC1. The highest BCUT2D eigenvalue weighted by Gasteiger charge is 2.31. The van der Waals surface area contributed by atoms with Crippen molar-refractivity contribution < 1.29 is 19.1 Å². The Kier molecular flexibility index (Phi) is 3.96. The molecule has 0 saturated heterocycles. The van der Waals surface area contributed by atoms with Crippen LogP contribution in [0.25, 0.3) is 0 Å². The zero-order chi connectivity index (χ0) is 13.1. The van der Waals surface area contributed by atoms with Crippen LogP contribution in [0.5, 0.6) is 0 Å². The summed E-state index contributed by atoms with van der Waals surface area (Å²) < 4.78 is 5.08. The molecule has 1 aromatic heterocycles. The first-order valence-electron chi connectivity index (χ1n) is 5.87. The zero-order valence-corrected chi connectivity index (χ0v) is 10.9. The molecule has 5 nitrogen and oxygen atoms in total. The van der Waals surface area contributed by atoms with Gasteiger partial charge in [0, 0.05) is 12.6 Å². The minimum atomic E-state index is -1.10. The normalized spacial score (nSPS) is 14.5. The Morgan fingerprint density at radius 2 is 2.22 bits per heavy atom. The van der Waals surface area contributed by atoms with E-state index in [1.54, 1.807) is 6.07 Å². The maximum atomic E-state index is 11.9. The third kappa shape index (κ3) is 3.07. The van der Waals surface area contributed by atoms with Crippen LogP contribution < -0.4 is 0 Å². The van der Waals surface area contributed by atoms with Crippen molar-refractivity contribution in [3.8, 4) is 0 Å². The van der Waals surface area contributed by atoms with E-state index in [1.165, 1.54) is 17.8 Å². The van der Waals surface area contributed by atoms with Gasteiger partial charge in [-0.2, -0.15) is 0 Å². The summed E-state index contributed by atoms with van der Waals surface area (Å²) in [5.41, 5.74) is 0. The summed E-state index contributed by atoms with van der Waals surface area (Å²) in [6.07, 6.45) is 2.18. The van der Waals surface area contributed by atoms with E-state index in [0.717, 1.165) is 19.4 Å². The number of carboxylic acid groups (broad SMARTS) is 1. The number of hydrogen-bond donors (Lipinski definition) is 1. The van der Waals surface area contributed by atoms with Crippen LogP contribution in [0.1, 0.15) is 30.3 Å². The molecule has 0 bridgehead atoms. The Bertz CT molecular complexity index is 453. The Hall–Kier alpha value is -1.43. The van der Waals surface area contributed by atoms with Gasteiger partial charge in [-0.25, -0.2) is 4.79 Å². The molecule has 1 heterocycles. The summed E-state index contributed by atoms with van der Waals surface area (Å²) in [4.78, 5) is 24.4. The molecule has 0 radical (unpaired) electrons. The van der Waals surface area contributed by atoms with Crippen LogP contribution in [-0.2, 0) is 4.79 Å². The number of carbonyl (C=O) groups excluding carboxylic acids is 1. The van der Waals surface area contributed by atoms with Crippen LogP contribution in [0.15, 0.2) is 21.6 Å². The van der Waals surface area contributed by atoms with Crippen molar-refractivity contribution in [1.82, 2.24) is 4.90 Å². The standard InChI is InChI=1S/C12H15NO4S/c1-2-13(8-3-4-8)10(14)7-18-11-6-5-9(17-11)12(15)16/h5-6,8H,2-4,7H2,1H3,(H,15,16). The van der Waals surface area contributed by atoms with Gasteiger partial charge >= 0.3 is 5.97 Å². The largest absolute Gasteiger partial charge is 0.475 e. The van der Waals surface area contributed by atoms with Crippen molar-refractivity contribution in [3.63, 3.8) is 0 Å². The quantitative estimate of drug-likeness (QED) is 0.801. The maximum absolute atomic E-state index is 11.9. The molecule has 1 saturated carbocycles. The molecule has 18 heavy (non-hydrogen) atoms. The number of amides is 1. The van der Waals surface area contributed by atoms with Gasteiger partial charge in [0.05, 0.1) is 5.75 Å². The number of hydrogen-bond acceptors (Lipinski definition) is 4. The number of nitrogens with zero attached hydrogens (tertiary/aromatic N) is 1. The van der Waals surface area contributed by atoms with Gasteiger partial charge in [-0.05, 0) is 31.9 Å². The smallest absolute Gasteiger partial charge is 0.371 e. The Morgan fingerprint density at radius 3 is 2.72 bits per heavy atom. The van der Waals surface area contributed by atoms with Gasteiger partial charge in [-0.1, -0.05) is 11.8 Å². The van der Waals surface area contributed by atoms with Crippen molar-refractivity contribution in [2.24, 2.45) is 0 Å². The molecule has 0 aromatic carbocycles. The fourth-order valence-electron chi connectivity index (χ4n) is 1.75. The summed E-state index contributed by atoms with van der Waals surface area (Å²) in [6, 6.07) is 3.39. The Balaban J connectivity index is 1.86. The van der Waals surface area contributed by atoms with Crippen LogP contribution >= 0.6 is 11.8 Å². The molecule has 1 amide bonds. The van der Waals surface area contributed by atoms with E-state index in [9.17, 15) is 9.59 Å². The molecule has 2 rings (SSSR count). The molecule has 0 unspecified atom stereocenters. The first-order chi connectivity index (χ1) is 8.61. The first-order valence-corrected chi connectivity index (χ1v) is 6.85. The van der Waals surface area contributed by atoms with Gasteiger partial charge in [0.2, 0.25) is 11.7 Å². The Morgan fingerprint density at radius 1 is 1.50 bits per heavy atom. The number of carboxylic acids is 1. The number of furan rings is 1. The summed E-state index contributed by atoms with van der Waals surface area (Å²) in [6.45, 7) is 2.69. The lowest BCUT2D eigenvalue weighted by atomic mass is 10.4. The molecular formula is C12H15NO4S. The first kappa shape index (κ1) is 13.0. The van der Waals surface area contributed by atoms with Crippen molar-refractivity contribution in [2.45, 2.75) is 30.9 Å². The summed E-state index contributed by atoms with van der Waals surface area (Å²) in [5, 5.41) is 9.17.